The standard InChI is InChI=1S/C15H13NO3/c17-10-6-12-14(13(18)7-10)15(19)11(8-16-12)9-4-2-1-3-5-9/h1-7,11,16-18H,8H2. The van der Waals surface area contributed by atoms with Gasteiger partial charge in [0, 0.05) is 18.7 Å². The molecular weight excluding hydrogens is 242 g/mol. The SMILES string of the molecule is O=C1c2c(O)cc(O)cc2NCC1c1ccccc1. The minimum atomic E-state index is -0.316. The molecule has 96 valence electrons. The van der Waals surface area contributed by atoms with Crippen molar-refractivity contribution in [3.8, 4) is 11.5 Å². The van der Waals surface area contributed by atoms with Gasteiger partial charge >= 0.3 is 0 Å². The van der Waals surface area contributed by atoms with Gasteiger partial charge in [-0.25, -0.2) is 0 Å². The number of rotatable bonds is 1. The number of hydrogen-bond donors (Lipinski definition) is 3. The first-order valence-corrected chi connectivity index (χ1v) is 6.06. The minimum absolute atomic E-state index is 0.0605. The van der Waals surface area contributed by atoms with Crippen molar-refractivity contribution in [2.45, 2.75) is 5.92 Å². The Morgan fingerprint density at radius 1 is 1.11 bits per heavy atom. The maximum absolute atomic E-state index is 12.5. The number of anilines is 1. The summed E-state index contributed by atoms with van der Waals surface area (Å²) < 4.78 is 0. The van der Waals surface area contributed by atoms with Crippen molar-refractivity contribution >= 4 is 11.5 Å². The lowest BCUT2D eigenvalue weighted by atomic mass is 9.86. The number of aromatic hydroxyl groups is 2. The van der Waals surface area contributed by atoms with Crippen LogP contribution in [-0.2, 0) is 0 Å². The van der Waals surface area contributed by atoms with Crippen LogP contribution in [0.15, 0.2) is 42.5 Å². The van der Waals surface area contributed by atoms with Crippen LogP contribution in [0.5, 0.6) is 11.5 Å². The van der Waals surface area contributed by atoms with Crippen molar-refractivity contribution in [1.29, 1.82) is 0 Å². The van der Waals surface area contributed by atoms with E-state index in [0.29, 0.717) is 12.2 Å². The van der Waals surface area contributed by atoms with Crippen LogP contribution >= 0.6 is 0 Å². The van der Waals surface area contributed by atoms with E-state index in [4.69, 9.17) is 0 Å². The lowest BCUT2D eigenvalue weighted by molar-refractivity contribution is 0.0957. The number of hydrogen-bond acceptors (Lipinski definition) is 4. The molecule has 0 saturated carbocycles. The van der Waals surface area contributed by atoms with Crippen LogP contribution < -0.4 is 5.32 Å². The van der Waals surface area contributed by atoms with Crippen molar-refractivity contribution in [3.63, 3.8) is 0 Å². The van der Waals surface area contributed by atoms with E-state index in [-0.39, 0.29) is 28.8 Å². The summed E-state index contributed by atoms with van der Waals surface area (Å²) in [5.41, 5.74) is 1.64. The van der Waals surface area contributed by atoms with Crippen LogP contribution in [0.1, 0.15) is 21.8 Å². The molecule has 2 aromatic rings. The van der Waals surface area contributed by atoms with Crippen LogP contribution in [0, 0.1) is 0 Å². The summed E-state index contributed by atoms with van der Waals surface area (Å²) in [5, 5.41) is 22.4. The van der Waals surface area contributed by atoms with E-state index in [1.54, 1.807) is 0 Å². The van der Waals surface area contributed by atoms with Crippen molar-refractivity contribution < 1.29 is 15.0 Å². The molecule has 1 aliphatic rings. The van der Waals surface area contributed by atoms with Gasteiger partial charge in [-0.1, -0.05) is 30.3 Å². The summed E-state index contributed by atoms with van der Waals surface area (Å²) >= 11 is 0. The summed E-state index contributed by atoms with van der Waals surface area (Å²) in [4.78, 5) is 12.5. The fourth-order valence-electron chi connectivity index (χ4n) is 2.44. The van der Waals surface area contributed by atoms with Gasteiger partial charge in [-0.05, 0) is 5.56 Å². The molecule has 0 bridgehead atoms. The Hall–Kier alpha value is -2.49. The largest absolute Gasteiger partial charge is 0.508 e. The number of benzene rings is 2. The van der Waals surface area contributed by atoms with Crippen LogP contribution in [0.2, 0.25) is 0 Å². The molecule has 4 heteroatoms. The number of phenols is 2. The van der Waals surface area contributed by atoms with Crippen molar-refractivity contribution in [1.82, 2.24) is 0 Å². The summed E-state index contributed by atoms with van der Waals surface area (Å²) in [6, 6.07) is 12.1. The molecule has 19 heavy (non-hydrogen) atoms. The van der Waals surface area contributed by atoms with E-state index in [2.05, 4.69) is 5.32 Å². The van der Waals surface area contributed by atoms with Crippen LogP contribution in [0.25, 0.3) is 0 Å². The number of fused-ring (bicyclic) bond motifs is 1. The number of phenolic OH excluding ortho intramolecular Hbond substituents is 2. The smallest absolute Gasteiger partial charge is 0.177 e. The molecule has 3 N–H and O–H groups in total. The van der Waals surface area contributed by atoms with Crippen LogP contribution in [0.4, 0.5) is 5.69 Å². The predicted octanol–water partition coefficient (Wildman–Crippen LogP) is 2.49. The van der Waals surface area contributed by atoms with E-state index in [1.807, 2.05) is 30.3 Å². The van der Waals surface area contributed by atoms with Gasteiger partial charge in [0.2, 0.25) is 0 Å². The molecule has 0 aromatic heterocycles. The van der Waals surface area contributed by atoms with Crippen LogP contribution in [0.3, 0.4) is 0 Å². The van der Waals surface area contributed by atoms with E-state index >= 15 is 0 Å². The van der Waals surface area contributed by atoms with Gasteiger partial charge in [0.1, 0.15) is 11.5 Å². The molecule has 0 aliphatic carbocycles. The molecule has 0 fully saturated rings. The van der Waals surface area contributed by atoms with E-state index in [1.165, 1.54) is 12.1 Å². The lowest BCUT2D eigenvalue weighted by Crippen LogP contribution is -2.27. The first-order chi connectivity index (χ1) is 9.16. The average molecular weight is 255 g/mol. The van der Waals surface area contributed by atoms with Crippen LogP contribution in [-0.4, -0.2) is 22.5 Å². The summed E-state index contributed by atoms with van der Waals surface area (Å²) in [7, 11) is 0. The van der Waals surface area contributed by atoms with E-state index < -0.39 is 0 Å². The fraction of sp³-hybridized carbons (Fsp3) is 0.133. The van der Waals surface area contributed by atoms with Crippen molar-refractivity contribution in [2.75, 3.05) is 11.9 Å². The summed E-state index contributed by atoms with van der Waals surface area (Å²) in [5.74, 6) is -0.690. The second kappa shape index (κ2) is 4.31. The predicted molar refractivity (Wildman–Crippen MR) is 71.8 cm³/mol. The monoisotopic (exact) mass is 255 g/mol. The maximum Gasteiger partial charge on any atom is 0.177 e. The molecule has 1 unspecified atom stereocenters. The highest BCUT2D eigenvalue weighted by atomic mass is 16.3. The molecule has 0 radical (unpaired) electrons. The molecule has 3 rings (SSSR count). The zero-order chi connectivity index (χ0) is 13.4. The van der Waals surface area contributed by atoms with Crippen molar-refractivity contribution in [2.24, 2.45) is 0 Å². The van der Waals surface area contributed by atoms with Crippen molar-refractivity contribution in [3.05, 3.63) is 53.6 Å². The Morgan fingerprint density at radius 2 is 1.84 bits per heavy atom. The molecule has 0 spiro atoms. The molecule has 4 nitrogen and oxygen atoms in total. The third-order valence-electron chi connectivity index (χ3n) is 3.36. The van der Waals surface area contributed by atoms with E-state index in [9.17, 15) is 15.0 Å². The number of ketones is 1. The zero-order valence-electron chi connectivity index (χ0n) is 10.1. The Labute approximate surface area is 110 Å². The lowest BCUT2D eigenvalue weighted by Gasteiger charge is -2.26. The number of carbonyl (C=O) groups is 1. The molecule has 2 aromatic carbocycles. The highest BCUT2D eigenvalue weighted by Crippen LogP contribution is 2.38. The fourth-order valence-corrected chi connectivity index (χ4v) is 2.44. The quantitative estimate of drug-likeness (QED) is 0.732. The molecule has 1 heterocycles. The van der Waals surface area contributed by atoms with Gasteiger partial charge in [0.25, 0.3) is 0 Å². The topological polar surface area (TPSA) is 69.6 Å². The third kappa shape index (κ3) is 1.91. The number of nitrogens with one attached hydrogen (secondary N) is 1. The summed E-state index contributed by atoms with van der Waals surface area (Å²) in [6.07, 6.45) is 0. The first-order valence-electron chi connectivity index (χ1n) is 6.06. The van der Waals surface area contributed by atoms with Gasteiger partial charge in [-0.3, -0.25) is 4.79 Å². The van der Waals surface area contributed by atoms with Gasteiger partial charge in [-0.15, -0.1) is 0 Å². The highest BCUT2D eigenvalue weighted by Gasteiger charge is 2.31. The molecule has 1 atom stereocenters. The zero-order valence-corrected chi connectivity index (χ0v) is 10.1. The summed E-state index contributed by atoms with van der Waals surface area (Å²) in [6.45, 7) is 0.457. The van der Waals surface area contributed by atoms with Gasteiger partial charge in [-0.2, -0.15) is 0 Å². The van der Waals surface area contributed by atoms with Gasteiger partial charge in [0.05, 0.1) is 17.2 Å². The normalized spacial score (nSPS) is 17.7. The van der Waals surface area contributed by atoms with E-state index in [0.717, 1.165) is 5.56 Å². The minimum Gasteiger partial charge on any atom is -0.508 e. The Bertz CT molecular complexity index is 637. The second-order valence-corrected chi connectivity index (χ2v) is 4.60. The molecule has 0 amide bonds. The number of carbonyl (C=O) groups excluding carboxylic acids is 1. The average Bonchev–Trinajstić information content (AvgIpc) is 2.39. The Kier molecular flexibility index (Phi) is 2.63. The second-order valence-electron chi connectivity index (χ2n) is 4.60. The molecule has 0 saturated heterocycles. The maximum atomic E-state index is 12.5. The Morgan fingerprint density at radius 3 is 2.58 bits per heavy atom. The molecular formula is C15H13NO3. The highest BCUT2D eigenvalue weighted by molar-refractivity contribution is 6.09. The third-order valence-corrected chi connectivity index (χ3v) is 3.36. The Balaban J connectivity index is 2.06. The first kappa shape index (κ1) is 11.6. The van der Waals surface area contributed by atoms with Gasteiger partial charge in [0.15, 0.2) is 5.78 Å². The van der Waals surface area contributed by atoms with Gasteiger partial charge < -0.3 is 15.5 Å². The molecule has 1 aliphatic heterocycles. The number of Topliss-reactive ketones (excluding diaryl/α,β-unsaturated/α-hetero) is 1.